The average molecular weight is 362 g/mol. The fourth-order valence-corrected chi connectivity index (χ4v) is 2.57. The number of nitrogens with one attached hydrogen (secondary N) is 1. The summed E-state index contributed by atoms with van der Waals surface area (Å²) in [5.74, 6) is -0.161. The lowest BCUT2D eigenvalue weighted by Crippen LogP contribution is -2.39. The molecule has 0 radical (unpaired) electrons. The van der Waals surface area contributed by atoms with Gasteiger partial charge in [-0.2, -0.15) is 5.26 Å². The topological polar surface area (TPSA) is 56.1 Å². The quantitative estimate of drug-likeness (QED) is 0.862. The van der Waals surface area contributed by atoms with Gasteiger partial charge >= 0.3 is 0 Å². The summed E-state index contributed by atoms with van der Waals surface area (Å²) in [7, 11) is 1.84. The summed E-state index contributed by atoms with van der Waals surface area (Å²) in [5, 5.41) is 12.7. The highest BCUT2D eigenvalue weighted by atomic mass is 35.5. The third-order valence-corrected chi connectivity index (χ3v) is 4.61. The Labute approximate surface area is 151 Å². The van der Waals surface area contributed by atoms with Crippen LogP contribution in [0.4, 0.5) is 5.69 Å². The predicted molar refractivity (Wildman–Crippen MR) is 97.2 cm³/mol. The Morgan fingerprint density at radius 2 is 2.00 bits per heavy atom. The Hall–Kier alpha value is -2.06. The highest BCUT2D eigenvalue weighted by Crippen LogP contribution is 2.26. The molecule has 1 atom stereocenters. The fourth-order valence-electron chi connectivity index (χ4n) is 2.19. The lowest BCUT2D eigenvalue weighted by atomic mass is 10.1. The van der Waals surface area contributed by atoms with E-state index in [9.17, 15) is 4.79 Å². The van der Waals surface area contributed by atoms with E-state index in [4.69, 9.17) is 28.5 Å². The summed E-state index contributed by atoms with van der Waals surface area (Å²) in [5.41, 5.74) is 1.96. The van der Waals surface area contributed by atoms with E-state index in [-0.39, 0.29) is 11.9 Å². The van der Waals surface area contributed by atoms with E-state index in [0.717, 1.165) is 5.56 Å². The maximum absolute atomic E-state index is 12.4. The Morgan fingerprint density at radius 3 is 2.71 bits per heavy atom. The predicted octanol–water partition coefficient (Wildman–Crippen LogP) is 4.32. The molecule has 2 rings (SSSR count). The number of carbonyl (C=O) groups excluding carboxylic acids is 1. The van der Waals surface area contributed by atoms with Gasteiger partial charge in [0.1, 0.15) is 0 Å². The van der Waals surface area contributed by atoms with Gasteiger partial charge in [-0.15, -0.1) is 0 Å². The third-order valence-electron chi connectivity index (χ3n) is 3.75. The van der Waals surface area contributed by atoms with Crippen molar-refractivity contribution < 1.29 is 4.79 Å². The molecule has 0 spiro atoms. The van der Waals surface area contributed by atoms with Crippen molar-refractivity contribution in [2.24, 2.45) is 0 Å². The number of anilines is 1. The average Bonchev–Trinajstić information content (AvgIpc) is 2.58. The maximum Gasteiger partial charge on any atom is 0.241 e. The number of rotatable bonds is 5. The van der Waals surface area contributed by atoms with Crippen LogP contribution < -0.4 is 5.32 Å². The SMILES string of the molecule is C[C@@H](C(=O)Nc1cccc(C#N)c1)N(C)Cc1cccc(Cl)c1Cl. The van der Waals surface area contributed by atoms with E-state index in [1.54, 1.807) is 30.3 Å². The van der Waals surface area contributed by atoms with Crippen molar-refractivity contribution in [3.05, 3.63) is 63.6 Å². The number of nitrogens with zero attached hydrogens (tertiary/aromatic N) is 2. The number of carbonyl (C=O) groups is 1. The van der Waals surface area contributed by atoms with Crippen LogP contribution in [-0.2, 0) is 11.3 Å². The Bertz CT molecular complexity index is 786. The molecular formula is C18H17Cl2N3O. The van der Waals surface area contributed by atoms with Crippen LogP contribution in [-0.4, -0.2) is 23.9 Å². The second-order valence-electron chi connectivity index (χ2n) is 5.49. The summed E-state index contributed by atoms with van der Waals surface area (Å²) in [6.07, 6.45) is 0. The monoisotopic (exact) mass is 361 g/mol. The molecule has 2 aromatic rings. The van der Waals surface area contributed by atoms with Gasteiger partial charge in [0, 0.05) is 12.2 Å². The molecule has 0 aromatic heterocycles. The van der Waals surface area contributed by atoms with E-state index in [1.807, 2.05) is 37.1 Å². The van der Waals surface area contributed by atoms with Gasteiger partial charge in [-0.1, -0.05) is 41.4 Å². The summed E-state index contributed by atoms with van der Waals surface area (Å²) in [6, 6.07) is 13.9. The largest absolute Gasteiger partial charge is 0.325 e. The highest BCUT2D eigenvalue weighted by molar-refractivity contribution is 6.42. The van der Waals surface area contributed by atoms with Crippen LogP contribution in [0.15, 0.2) is 42.5 Å². The zero-order valence-electron chi connectivity index (χ0n) is 13.4. The van der Waals surface area contributed by atoms with Gasteiger partial charge in [0.15, 0.2) is 0 Å². The number of hydrogen-bond donors (Lipinski definition) is 1. The molecule has 0 aliphatic rings. The molecule has 0 bridgehead atoms. The van der Waals surface area contributed by atoms with Crippen molar-refractivity contribution in [1.82, 2.24) is 4.90 Å². The van der Waals surface area contributed by atoms with Gasteiger partial charge in [-0.05, 0) is 43.8 Å². The first-order valence-electron chi connectivity index (χ1n) is 7.36. The minimum absolute atomic E-state index is 0.161. The van der Waals surface area contributed by atoms with Crippen LogP contribution in [0.1, 0.15) is 18.1 Å². The normalized spacial score (nSPS) is 11.8. The molecule has 6 heteroatoms. The molecule has 124 valence electrons. The van der Waals surface area contributed by atoms with Gasteiger partial charge in [-0.3, -0.25) is 9.69 Å². The van der Waals surface area contributed by atoms with Crippen molar-refractivity contribution in [1.29, 1.82) is 5.26 Å². The van der Waals surface area contributed by atoms with Crippen LogP contribution in [0.3, 0.4) is 0 Å². The molecule has 0 aliphatic heterocycles. The van der Waals surface area contributed by atoms with Crippen molar-refractivity contribution in [2.45, 2.75) is 19.5 Å². The first-order valence-corrected chi connectivity index (χ1v) is 8.12. The molecule has 1 N–H and O–H groups in total. The Balaban J connectivity index is 2.04. The third kappa shape index (κ3) is 4.48. The van der Waals surface area contributed by atoms with Gasteiger partial charge in [-0.25, -0.2) is 0 Å². The summed E-state index contributed by atoms with van der Waals surface area (Å²) in [4.78, 5) is 14.3. The van der Waals surface area contributed by atoms with Gasteiger partial charge in [0.25, 0.3) is 0 Å². The summed E-state index contributed by atoms with van der Waals surface area (Å²) < 4.78 is 0. The van der Waals surface area contributed by atoms with Crippen molar-refractivity contribution in [3.8, 4) is 6.07 Å². The van der Waals surface area contributed by atoms with E-state index < -0.39 is 0 Å². The van der Waals surface area contributed by atoms with E-state index in [2.05, 4.69) is 5.32 Å². The van der Waals surface area contributed by atoms with Crippen LogP contribution in [0, 0.1) is 11.3 Å². The standard InChI is InChI=1S/C18H17Cl2N3O/c1-12(18(24)22-15-7-3-5-13(9-15)10-21)23(2)11-14-6-4-8-16(19)17(14)20/h3-9,12H,11H2,1-2H3,(H,22,24)/t12-/m0/s1. The van der Waals surface area contributed by atoms with Crippen LogP contribution in [0.25, 0.3) is 0 Å². The highest BCUT2D eigenvalue weighted by Gasteiger charge is 2.19. The molecule has 1 amide bonds. The lowest BCUT2D eigenvalue weighted by Gasteiger charge is -2.24. The van der Waals surface area contributed by atoms with Crippen molar-refractivity contribution in [3.63, 3.8) is 0 Å². The Kier molecular flexibility index (Phi) is 6.22. The molecule has 24 heavy (non-hydrogen) atoms. The first kappa shape index (κ1) is 18.3. The number of likely N-dealkylation sites (N-methyl/N-ethyl adjacent to an activating group) is 1. The van der Waals surface area contributed by atoms with Gasteiger partial charge in [0.2, 0.25) is 5.91 Å². The number of benzene rings is 2. The smallest absolute Gasteiger partial charge is 0.241 e. The number of hydrogen-bond acceptors (Lipinski definition) is 3. The molecule has 0 heterocycles. The molecule has 0 fully saturated rings. The second kappa shape index (κ2) is 8.16. The van der Waals surface area contributed by atoms with Crippen LogP contribution in [0.5, 0.6) is 0 Å². The lowest BCUT2D eigenvalue weighted by molar-refractivity contribution is -0.120. The minimum Gasteiger partial charge on any atom is -0.325 e. The maximum atomic E-state index is 12.4. The molecule has 4 nitrogen and oxygen atoms in total. The summed E-state index contributed by atoms with van der Waals surface area (Å²) >= 11 is 12.2. The Morgan fingerprint density at radius 1 is 1.29 bits per heavy atom. The van der Waals surface area contributed by atoms with Crippen LogP contribution in [0.2, 0.25) is 10.0 Å². The van der Waals surface area contributed by atoms with Gasteiger partial charge in [0.05, 0.1) is 27.7 Å². The zero-order valence-corrected chi connectivity index (χ0v) is 14.9. The molecule has 0 saturated carbocycles. The number of nitriles is 1. The molecule has 0 saturated heterocycles. The van der Waals surface area contributed by atoms with E-state index in [0.29, 0.717) is 27.8 Å². The number of amides is 1. The summed E-state index contributed by atoms with van der Waals surface area (Å²) in [6.45, 7) is 2.30. The fraction of sp³-hybridized carbons (Fsp3) is 0.222. The zero-order chi connectivity index (χ0) is 17.7. The van der Waals surface area contributed by atoms with Crippen molar-refractivity contribution >= 4 is 34.8 Å². The minimum atomic E-state index is -0.384. The van der Waals surface area contributed by atoms with E-state index >= 15 is 0 Å². The van der Waals surface area contributed by atoms with Crippen LogP contribution >= 0.6 is 23.2 Å². The first-order chi connectivity index (χ1) is 11.4. The number of halogens is 2. The van der Waals surface area contributed by atoms with Gasteiger partial charge < -0.3 is 5.32 Å². The molecule has 0 aliphatic carbocycles. The molecule has 2 aromatic carbocycles. The van der Waals surface area contributed by atoms with E-state index in [1.165, 1.54) is 0 Å². The van der Waals surface area contributed by atoms with Crippen molar-refractivity contribution in [2.75, 3.05) is 12.4 Å². The second-order valence-corrected chi connectivity index (χ2v) is 6.27. The molecular weight excluding hydrogens is 345 g/mol. The molecule has 0 unspecified atom stereocenters.